The van der Waals surface area contributed by atoms with E-state index in [1.54, 1.807) is 6.20 Å². The van der Waals surface area contributed by atoms with Gasteiger partial charge in [0.1, 0.15) is 5.69 Å². The van der Waals surface area contributed by atoms with Crippen LogP contribution >= 0.6 is 0 Å². The Balaban J connectivity index is 1.70. The Morgan fingerprint density at radius 1 is 1.05 bits per heavy atom. The molecule has 0 amide bonds. The van der Waals surface area contributed by atoms with Gasteiger partial charge in [-0.15, -0.1) is 0 Å². The second kappa shape index (κ2) is 5.35. The highest BCUT2D eigenvalue weighted by molar-refractivity contribution is 5.97. The molecule has 4 atom stereocenters. The van der Waals surface area contributed by atoms with Gasteiger partial charge in [-0.05, 0) is 61.6 Å². The number of nitrogens with zero attached hydrogens (tertiary/aromatic N) is 1. The number of hydrogen-bond donors (Lipinski definition) is 0. The third kappa shape index (κ3) is 2.18. The molecule has 0 unspecified atom stereocenters. The van der Waals surface area contributed by atoms with E-state index in [2.05, 4.69) is 36.2 Å². The first kappa shape index (κ1) is 13.7. The molecule has 112 valence electrons. The Morgan fingerprint density at radius 3 is 2.55 bits per heavy atom. The maximum Gasteiger partial charge on any atom is 0.185 e. The number of ketones is 1. The molecule has 0 spiro atoms. The molecule has 2 heteroatoms. The lowest BCUT2D eigenvalue weighted by atomic mass is 9.73. The molecule has 1 heterocycles. The van der Waals surface area contributed by atoms with Gasteiger partial charge in [0, 0.05) is 12.1 Å². The van der Waals surface area contributed by atoms with E-state index in [-0.39, 0.29) is 11.7 Å². The molecule has 2 bridgehead atoms. The number of carbonyl (C=O) groups is 1. The molecular formula is C20H21NO. The highest BCUT2D eigenvalue weighted by Gasteiger charge is 2.51. The first-order valence-corrected chi connectivity index (χ1v) is 8.26. The summed E-state index contributed by atoms with van der Waals surface area (Å²) in [4.78, 5) is 17.3. The number of aryl methyl sites for hydroxylation is 1. The van der Waals surface area contributed by atoms with E-state index in [9.17, 15) is 4.79 Å². The molecule has 0 saturated heterocycles. The first-order chi connectivity index (χ1) is 10.7. The topological polar surface area (TPSA) is 30.0 Å². The third-order valence-corrected chi connectivity index (χ3v) is 5.60. The molecule has 2 aliphatic carbocycles. The van der Waals surface area contributed by atoms with Crippen LogP contribution in [-0.2, 0) is 0 Å². The van der Waals surface area contributed by atoms with Crippen LogP contribution in [0.5, 0.6) is 0 Å². The maximum atomic E-state index is 13.0. The molecule has 0 N–H and O–H groups in total. The molecule has 2 saturated carbocycles. The van der Waals surface area contributed by atoms with Crippen molar-refractivity contribution < 1.29 is 4.79 Å². The van der Waals surface area contributed by atoms with Crippen molar-refractivity contribution in [2.75, 3.05) is 0 Å². The van der Waals surface area contributed by atoms with E-state index in [0.717, 1.165) is 0 Å². The van der Waals surface area contributed by atoms with Gasteiger partial charge >= 0.3 is 0 Å². The van der Waals surface area contributed by atoms with E-state index < -0.39 is 0 Å². The van der Waals surface area contributed by atoms with Gasteiger partial charge in [0.15, 0.2) is 5.78 Å². The van der Waals surface area contributed by atoms with E-state index in [1.165, 1.54) is 30.4 Å². The van der Waals surface area contributed by atoms with Crippen LogP contribution in [0.4, 0.5) is 0 Å². The fourth-order valence-corrected chi connectivity index (χ4v) is 4.62. The number of pyridine rings is 1. The SMILES string of the molecule is Cc1ccc([C@@H]2[C@H]3CC[C@H](C3)[C@H]2C(=O)c2ccccn2)cc1. The van der Waals surface area contributed by atoms with Crippen LogP contribution in [0, 0.1) is 24.7 Å². The molecule has 22 heavy (non-hydrogen) atoms. The normalized spacial score (nSPS) is 29.7. The minimum absolute atomic E-state index is 0.122. The predicted molar refractivity (Wildman–Crippen MR) is 86.8 cm³/mol. The van der Waals surface area contributed by atoms with E-state index in [4.69, 9.17) is 0 Å². The summed E-state index contributed by atoms with van der Waals surface area (Å²) in [6.45, 7) is 2.11. The molecule has 0 radical (unpaired) electrons. The quantitative estimate of drug-likeness (QED) is 0.784. The first-order valence-electron chi connectivity index (χ1n) is 8.26. The molecule has 0 aliphatic heterocycles. The molecule has 1 aromatic heterocycles. The number of hydrogen-bond acceptors (Lipinski definition) is 2. The van der Waals surface area contributed by atoms with Gasteiger partial charge in [-0.2, -0.15) is 0 Å². The molecule has 2 aliphatic rings. The van der Waals surface area contributed by atoms with Crippen molar-refractivity contribution in [2.45, 2.75) is 32.1 Å². The summed E-state index contributed by atoms with van der Waals surface area (Å²) in [5, 5.41) is 0. The van der Waals surface area contributed by atoms with Gasteiger partial charge in [-0.25, -0.2) is 0 Å². The molecule has 4 rings (SSSR count). The highest BCUT2D eigenvalue weighted by atomic mass is 16.1. The van der Waals surface area contributed by atoms with E-state index in [1.807, 2.05) is 18.2 Å². The number of rotatable bonds is 3. The van der Waals surface area contributed by atoms with Crippen LogP contribution in [0.3, 0.4) is 0 Å². The summed E-state index contributed by atoms with van der Waals surface area (Å²) < 4.78 is 0. The largest absolute Gasteiger partial charge is 0.292 e. The van der Waals surface area contributed by atoms with Crippen LogP contribution in [0.15, 0.2) is 48.7 Å². The molecular weight excluding hydrogens is 270 g/mol. The number of fused-ring (bicyclic) bond motifs is 2. The summed E-state index contributed by atoms with van der Waals surface area (Å²) in [6.07, 6.45) is 5.41. The lowest BCUT2D eigenvalue weighted by Gasteiger charge is -2.30. The Kier molecular flexibility index (Phi) is 3.33. The molecule has 2 nitrogen and oxygen atoms in total. The van der Waals surface area contributed by atoms with Crippen molar-refractivity contribution in [2.24, 2.45) is 17.8 Å². The Hall–Kier alpha value is -1.96. The lowest BCUT2D eigenvalue weighted by Crippen LogP contribution is -2.28. The average Bonchev–Trinajstić information content (AvgIpc) is 3.17. The zero-order valence-corrected chi connectivity index (χ0v) is 12.9. The smallest absolute Gasteiger partial charge is 0.185 e. The zero-order chi connectivity index (χ0) is 15.1. The second-order valence-corrected chi connectivity index (χ2v) is 6.87. The van der Waals surface area contributed by atoms with Gasteiger partial charge in [0.2, 0.25) is 0 Å². The summed E-state index contributed by atoms with van der Waals surface area (Å²) in [7, 11) is 0. The van der Waals surface area contributed by atoms with Crippen molar-refractivity contribution in [3.63, 3.8) is 0 Å². The van der Waals surface area contributed by atoms with Gasteiger partial charge in [0.25, 0.3) is 0 Å². The minimum atomic E-state index is 0.122. The zero-order valence-electron chi connectivity index (χ0n) is 12.9. The Morgan fingerprint density at radius 2 is 1.82 bits per heavy atom. The summed E-state index contributed by atoms with van der Waals surface area (Å²) in [5.41, 5.74) is 3.25. The van der Waals surface area contributed by atoms with E-state index in [0.29, 0.717) is 23.4 Å². The van der Waals surface area contributed by atoms with Gasteiger partial charge in [0.05, 0.1) is 0 Å². The number of carbonyl (C=O) groups excluding carboxylic acids is 1. The number of aromatic nitrogens is 1. The second-order valence-electron chi connectivity index (χ2n) is 6.87. The van der Waals surface area contributed by atoms with Crippen LogP contribution in [0.25, 0.3) is 0 Å². The van der Waals surface area contributed by atoms with Crippen molar-refractivity contribution >= 4 is 5.78 Å². The fraction of sp³-hybridized carbons (Fsp3) is 0.400. The van der Waals surface area contributed by atoms with Crippen molar-refractivity contribution in [1.82, 2.24) is 4.98 Å². The fourth-order valence-electron chi connectivity index (χ4n) is 4.62. The summed E-state index contributed by atoms with van der Waals surface area (Å²) in [6, 6.07) is 14.4. The van der Waals surface area contributed by atoms with Crippen LogP contribution in [0.2, 0.25) is 0 Å². The van der Waals surface area contributed by atoms with Gasteiger partial charge in [-0.1, -0.05) is 35.9 Å². The molecule has 1 aromatic carbocycles. The van der Waals surface area contributed by atoms with Gasteiger partial charge < -0.3 is 0 Å². The third-order valence-electron chi connectivity index (χ3n) is 5.60. The summed E-state index contributed by atoms with van der Waals surface area (Å²) >= 11 is 0. The summed E-state index contributed by atoms with van der Waals surface area (Å²) in [5.74, 6) is 1.97. The monoisotopic (exact) mass is 291 g/mol. The van der Waals surface area contributed by atoms with Crippen LogP contribution < -0.4 is 0 Å². The average molecular weight is 291 g/mol. The Bertz CT molecular complexity index is 677. The lowest BCUT2D eigenvalue weighted by molar-refractivity contribution is 0.0847. The highest BCUT2D eigenvalue weighted by Crippen LogP contribution is 2.57. The van der Waals surface area contributed by atoms with Gasteiger partial charge in [-0.3, -0.25) is 9.78 Å². The molecule has 2 aromatic rings. The molecule has 2 fully saturated rings. The van der Waals surface area contributed by atoms with Crippen molar-refractivity contribution in [1.29, 1.82) is 0 Å². The van der Waals surface area contributed by atoms with Crippen LogP contribution in [-0.4, -0.2) is 10.8 Å². The predicted octanol–water partition coefficient (Wildman–Crippen LogP) is 4.40. The minimum Gasteiger partial charge on any atom is -0.292 e. The number of Topliss-reactive ketones (excluding diaryl/α,β-unsaturated/α-hetero) is 1. The standard InChI is InChI=1S/C20H21NO/c1-13-5-7-14(8-6-13)18-15-9-10-16(12-15)19(18)20(22)17-4-2-3-11-21-17/h2-8,11,15-16,18-19H,9-10,12H2,1H3/t15-,16+,18+,19+/m0/s1. The number of benzene rings is 1. The van der Waals surface area contributed by atoms with Crippen molar-refractivity contribution in [3.8, 4) is 0 Å². The van der Waals surface area contributed by atoms with Crippen molar-refractivity contribution in [3.05, 3.63) is 65.5 Å². The maximum absolute atomic E-state index is 13.0. The van der Waals surface area contributed by atoms with Crippen LogP contribution in [0.1, 0.15) is 46.8 Å². The Labute approximate surface area is 131 Å². The van der Waals surface area contributed by atoms with E-state index >= 15 is 0 Å².